The van der Waals surface area contributed by atoms with E-state index in [1.54, 1.807) is 11.9 Å². The summed E-state index contributed by atoms with van der Waals surface area (Å²) >= 11 is 0. The summed E-state index contributed by atoms with van der Waals surface area (Å²) in [7, 11) is 1.79. The Kier molecular flexibility index (Phi) is 5.73. The summed E-state index contributed by atoms with van der Waals surface area (Å²) in [4.78, 5) is 5.87. The maximum absolute atomic E-state index is 14.0. The first-order valence-electron chi connectivity index (χ1n) is 7.50. The standard InChI is InChI=1S/C15H23F2N3O/c1-3-6-18-14-12(16)9-13(17)15(19-14)20(2)10-11-4-7-21-8-5-11/h9,11H,3-8,10H2,1-2H3,(H,18,19). The van der Waals surface area contributed by atoms with Crippen molar-refractivity contribution in [2.24, 2.45) is 5.92 Å². The highest BCUT2D eigenvalue weighted by molar-refractivity contribution is 5.48. The molecule has 0 saturated carbocycles. The molecule has 1 aromatic heterocycles. The van der Waals surface area contributed by atoms with Gasteiger partial charge in [0, 0.05) is 39.4 Å². The highest BCUT2D eigenvalue weighted by Gasteiger charge is 2.20. The predicted octanol–water partition coefficient (Wildman–Crippen LogP) is 3.04. The number of nitrogens with zero attached hydrogens (tertiary/aromatic N) is 2. The Morgan fingerprint density at radius 2 is 2.05 bits per heavy atom. The molecule has 0 radical (unpaired) electrons. The summed E-state index contributed by atoms with van der Waals surface area (Å²) < 4.78 is 33.0. The smallest absolute Gasteiger partial charge is 0.168 e. The molecule has 1 fully saturated rings. The number of halogens is 2. The van der Waals surface area contributed by atoms with Gasteiger partial charge in [0.1, 0.15) is 0 Å². The highest BCUT2D eigenvalue weighted by Crippen LogP contribution is 2.24. The van der Waals surface area contributed by atoms with Crippen LogP contribution in [-0.4, -0.2) is 38.3 Å². The fraction of sp³-hybridized carbons (Fsp3) is 0.667. The maximum Gasteiger partial charge on any atom is 0.168 e. The molecule has 1 aromatic rings. The summed E-state index contributed by atoms with van der Waals surface area (Å²) in [6, 6.07) is 0.904. The van der Waals surface area contributed by atoms with E-state index in [2.05, 4.69) is 10.3 Å². The van der Waals surface area contributed by atoms with Crippen LogP contribution < -0.4 is 10.2 Å². The predicted molar refractivity (Wildman–Crippen MR) is 79.7 cm³/mol. The minimum Gasteiger partial charge on any atom is -0.381 e. The van der Waals surface area contributed by atoms with Crippen LogP contribution in [0, 0.1) is 17.6 Å². The Balaban J connectivity index is 2.09. The molecule has 0 spiro atoms. The van der Waals surface area contributed by atoms with Crippen molar-refractivity contribution in [3.05, 3.63) is 17.7 Å². The van der Waals surface area contributed by atoms with Crippen molar-refractivity contribution in [3.8, 4) is 0 Å². The van der Waals surface area contributed by atoms with Gasteiger partial charge in [0.25, 0.3) is 0 Å². The van der Waals surface area contributed by atoms with Crippen molar-refractivity contribution in [1.82, 2.24) is 4.98 Å². The number of hydrogen-bond acceptors (Lipinski definition) is 4. The molecule has 1 aliphatic heterocycles. The van der Waals surface area contributed by atoms with Gasteiger partial charge in [-0.2, -0.15) is 0 Å². The summed E-state index contributed by atoms with van der Waals surface area (Å²) in [5.74, 6) is -0.496. The molecule has 0 bridgehead atoms. The van der Waals surface area contributed by atoms with Crippen molar-refractivity contribution < 1.29 is 13.5 Å². The van der Waals surface area contributed by atoms with Gasteiger partial charge in [0.2, 0.25) is 0 Å². The second-order valence-electron chi connectivity index (χ2n) is 5.49. The molecule has 0 atom stereocenters. The molecule has 21 heavy (non-hydrogen) atoms. The zero-order valence-electron chi connectivity index (χ0n) is 12.7. The molecular weight excluding hydrogens is 276 g/mol. The molecular formula is C15H23F2N3O. The average molecular weight is 299 g/mol. The van der Waals surface area contributed by atoms with Crippen molar-refractivity contribution in [2.45, 2.75) is 26.2 Å². The highest BCUT2D eigenvalue weighted by atomic mass is 19.1. The number of ether oxygens (including phenoxy) is 1. The van der Waals surface area contributed by atoms with E-state index in [9.17, 15) is 8.78 Å². The third-order valence-corrected chi connectivity index (χ3v) is 3.69. The summed E-state index contributed by atoms with van der Waals surface area (Å²) in [5, 5.41) is 2.89. The SMILES string of the molecule is CCCNc1nc(N(C)CC2CCOCC2)c(F)cc1F. The van der Waals surface area contributed by atoms with Crippen molar-refractivity contribution in [2.75, 3.05) is 43.6 Å². The largest absolute Gasteiger partial charge is 0.381 e. The van der Waals surface area contributed by atoms with E-state index in [1.807, 2.05) is 6.92 Å². The molecule has 0 unspecified atom stereocenters. The first-order chi connectivity index (χ1) is 10.1. The van der Waals surface area contributed by atoms with Crippen molar-refractivity contribution in [1.29, 1.82) is 0 Å². The molecule has 0 amide bonds. The molecule has 118 valence electrons. The van der Waals surface area contributed by atoms with Gasteiger partial charge in [-0.15, -0.1) is 0 Å². The number of pyridine rings is 1. The van der Waals surface area contributed by atoms with Gasteiger partial charge >= 0.3 is 0 Å². The molecule has 6 heteroatoms. The lowest BCUT2D eigenvalue weighted by Gasteiger charge is -2.28. The van der Waals surface area contributed by atoms with E-state index in [1.165, 1.54) is 0 Å². The number of aromatic nitrogens is 1. The fourth-order valence-corrected chi connectivity index (χ4v) is 2.49. The average Bonchev–Trinajstić information content (AvgIpc) is 2.47. The quantitative estimate of drug-likeness (QED) is 0.876. The lowest BCUT2D eigenvalue weighted by atomic mass is 10.00. The number of rotatable bonds is 6. The van der Waals surface area contributed by atoms with Crippen LogP contribution in [-0.2, 0) is 4.74 Å². The molecule has 0 aromatic carbocycles. The lowest BCUT2D eigenvalue weighted by Crippen LogP contribution is -2.30. The minimum absolute atomic E-state index is 0.118. The normalized spacial score (nSPS) is 16.0. The van der Waals surface area contributed by atoms with Gasteiger partial charge in [-0.1, -0.05) is 6.92 Å². The number of anilines is 2. The van der Waals surface area contributed by atoms with Crippen LogP contribution in [0.1, 0.15) is 26.2 Å². The van der Waals surface area contributed by atoms with Crippen LogP contribution in [0.15, 0.2) is 6.07 Å². The van der Waals surface area contributed by atoms with Crippen LogP contribution in [0.4, 0.5) is 20.4 Å². The summed E-state index contributed by atoms with van der Waals surface area (Å²) in [6.07, 6.45) is 2.79. The van der Waals surface area contributed by atoms with E-state index in [4.69, 9.17) is 4.74 Å². The Hall–Kier alpha value is -1.43. The van der Waals surface area contributed by atoms with Crippen LogP contribution in [0.5, 0.6) is 0 Å². The molecule has 1 saturated heterocycles. The summed E-state index contributed by atoms with van der Waals surface area (Å²) in [5.41, 5.74) is 0. The first kappa shape index (κ1) is 15.9. The molecule has 1 N–H and O–H groups in total. The Morgan fingerprint density at radius 1 is 1.33 bits per heavy atom. The first-order valence-corrected chi connectivity index (χ1v) is 7.50. The molecule has 2 heterocycles. The third kappa shape index (κ3) is 4.27. The van der Waals surface area contributed by atoms with Gasteiger partial charge in [-0.3, -0.25) is 0 Å². The molecule has 4 nitrogen and oxygen atoms in total. The second-order valence-corrected chi connectivity index (χ2v) is 5.49. The monoisotopic (exact) mass is 299 g/mol. The van der Waals surface area contributed by atoms with Crippen molar-refractivity contribution in [3.63, 3.8) is 0 Å². The minimum atomic E-state index is -0.649. The van der Waals surface area contributed by atoms with Crippen LogP contribution >= 0.6 is 0 Å². The molecule has 2 rings (SSSR count). The third-order valence-electron chi connectivity index (χ3n) is 3.69. The topological polar surface area (TPSA) is 37.4 Å². The van der Waals surface area contributed by atoms with E-state index < -0.39 is 11.6 Å². The number of hydrogen-bond donors (Lipinski definition) is 1. The van der Waals surface area contributed by atoms with Gasteiger partial charge < -0.3 is 15.0 Å². The van der Waals surface area contributed by atoms with Gasteiger partial charge in [-0.05, 0) is 25.2 Å². The molecule has 0 aliphatic carbocycles. The Morgan fingerprint density at radius 3 is 2.71 bits per heavy atom. The fourth-order valence-electron chi connectivity index (χ4n) is 2.49. The summed E-state index contributed by atoms with van der Waals surface area (Å²) in [6.45, 7) is 4.79. The van der Waals surface area contributed by atoms with E-state index >= 15 is 0 Å². The van der Waals surface area contributed by atoms with Gasteiger partial charge in [-0.25, -0.2) is 13.8 Å². The number of nitrogens with one attached hydrogen (secondary N) is 1. The van der Waals surface area contributed by atoms with E-state index in [-0.39, 0.29) is 11.6 Å². The Labute approximate surface area is 124 Å². The van der Waals surface area contributed by atoms with E-state index in [0.29, 0.717) is 19.0 Å². The van der Waals surface area contributed by atoms with Crippen LogP contribution in [0.25, 0.3) is 0 Å². The van der Waals surface area contributed by atoms with Gasteiger partial charge in [0.15, 0.2) is 23.3 Å². The lowest BCUT2D eigenvalue weighted by molar-refractivity contribution is 0.0684. The maximum atomic E-state index is 14.0. The Bertz CT molecular complexity index is 464. The zero-order valence-corrected chi connectivity index (χ0v) is 12.7. The van der Waals surface area contributed by atoms with E-state index in [0.717, 1.165) is 38.5 Å². The second kappa shape index (κ2) is 7.54. The van der Waals surface area contributed by atoms with Crippen LogP contribution in [0.3, 0.4) is 0 Å². The van der Waals surface area contributed by atoms with Gasteiger partial charge in [0.05, 0.1) is 0 Å². The molecule has 1 aliphatic rings. The van der Waals surface area contributed by atoms with Crippen molar-refractivity contribution >= 4 is 11.6 Å². The van der Waals surface area contributed by atoms with Crippen LogP contribution in [0.2, 0.25) is 0 Å². The zero-order chi connectivity index (χ0) is 15.2.